The summed E-state index contributed by atoms with van der Waals surface area (Å²) in [5.41, 5.74) is -0.586. The van der Waals surface area contributed by atoms with Crippen LogP contribution in [0.4, 0.5) is 8.78 Å². The molecular weight excluding hydrogens is 240 g/mol. The molecule has 5 heteroatoms. The van der Waals surface area contributed by atoms with Crippen molar-refractivity contribution in [2.75, 3.05) is 6.61 Å². The third-order valence-electron chi connectivity index (χ3n) is 3.90. The third kappa shape index (κ3) is 2.29. The van der Waals surface area contributed by atoms with Crippen LogP contribution in [0.5, 0.6) is 0 Å². The molecule has 100 valence electrons. The standard InChI is InChI=1S/C13H17F2NO2/c14-12(15)4-6-13(7-5-12)16-10(3-9-18-13)11-2-1-8-17-11/h1-2,8,10,16H,3-7,9H2. The van der Waals surface area contributed by atoms with Crippen molar-refractivity contribution in [2.45, 2.75) is 49.8 Å². The summed E-state index contributed by atoms with van der Waals surface area (Å²) in [5, 5.41) is 3.36. The Morgan fingerprint density at radius 2 is 2.00 bits per heavy atom. The Labute approximate surface area is 104 Å². The maximum absolute atomic E-state index is 13.2. The summed E-state index contributed by atoms with van der Waals surface area (Å²) in [6.07, 6.45) is 2.95. The Balaban J connectivity index is 1.71. The van der Waals surface area contributed by atoms with Crippen molar-refractivity contribution >= 4 is 0 Å². The van der Waals surface area contributed by atoms with Gasteiger partial charge in [0.25, 0.3) is 0 Å². The summed E-state index contributed by atoms with van der Waals surface area (Å²) in [6, 6.07) is 3.82. The van der Waals surface area contributed by atoms with Crippen molar-refractivity contribution < 1.29 is 17.9 Å². The predicted molar refractivity (Wildman–Crippen MR) is 61.3 cm³/mol. The number of halogens is 2. The van der Waals surface area contributed by atoms with Gasteiger partial charge in [-0.3, -0.25) is 5.32 Å². The van der Waals surface area contributed by atoms with Crippen LogP contribution < -0.4 is 5.32 Å². The van der Waals surface area contributed by atoms with E-state index in [1.54, 1.807) is 6.26 Å². The van der Waals surface area contributed by atoms with Gasteiger partial charge in [-0.1, -0.05) is 0 Å². The zero-order valence-corrected chi connectivity index (χ0v) is 10.1. The SMILES string of the molecule is FC1(F)CCC2(CC1)NC(c1ccco1)CCO2. The smallest absolute Gasteiger partial charge is 0.248 e. The van der Waals surface area contributed by atoms with Gasteiger partial charge in [-0.05, 0) is 31.4 Å². The van der Waals surface area contributed by atoms with Crippen LogP contribution in [0.15, 0.2) is 22.8 Å². The first kappa shape index (κ1) is 12.1. The molecule has 1 aliphatic carbocycles. The highest BCUT2D eigenvalue weighted by molar-refractivity contribution is 5.07. The number of nitrogens with one attached hydrogen (secondary N) is 1. The average Bonchev–Trinajstić information content (AvgIpc) is 2.88. The van der Waals surface area contributed by atoms with Crippen LogP contribution in [0.25, 0.3) is 0 Å². The fourth-order valence-corrected chi connectivity index (χ4v) is 2.81. The van der Waals surface area contributed by atoms with E-state index < -0.39 is 11.6 Å². The van der Waals surface area contributed by atoms with Crippen molar-refractivity contribution in [2.24, 2.45) is 0 Å². The average molecular weight is 257 g/mol. The summed E-state index contributed by atoms with van der Waals surface area (Å²) >= 11 is 0. The molecule has 0 amide bonds. The molecule has 0 bridgehead atoms. The molecule has 2 heterocycles. The van der Waals surface area contributed by atoms with E-state index in [0.29, 0.717) is 19.4 Å². The second-order valence-electron chi connectivity index (χ2n) is 5.20. The van der Waals surface area contributed by atoms with Gasteiger partial charge in [-0.2, -0.15) is 0 Å². The van der Waals surface area contributed by atoms with Crippen LogP contribution in [-0.2, 0) is 4.74 Å². The second kappa shape index (κ2) is 4.31. The first-order valence-electron chi connectivity index (χ1n) is 6.42. The summed E-state index contributed by atoms with van der Waals surface area (Å²) in [4.78, 5) is 0. The van der Waals surface area contributed by atoms with Crippen LogP contribution >= 0.6 is 0 Å². The van der Waals surface area contributed by atoms with Gasteiger partial charge in [0.15, 0.2) is 0 Å². The van der Waals surface area contributed by atoms with E-state index in [1.165, 1.54) is 0 Å². The molecule has 1 aliphatic heterocycles. The minimum Gasteiger partial charge on any atom is -0.468 e. The topological polar surface area (TPSA) is 34.4 Å². The Hall–Kier alpha value is -0.940. The lowest BCUT2D eigenvalue weighted by molar-refractivity contribution is -0.172. The molecule has 0 aromatic carbocycles. The first-order valence-corrected chi connectivity index (χ1v) is 6.42. The van der Waals surface area contributed by atoms with Gasteiger partial charge >= 0.3 is 0 Å². The van der Waals surface area contributed by atoms with E-state index in [1.807, 2.05) is 12.1 Å². The molecule has 0 radical (unpaired) electrons. The zero-order chi connectivity index (χ0) is 12.6. The minimum atomic E-state index is -2.53. The lowest BCUT2D eigenvalue weighted by Crippen LogP contribution is -2.56. The molecule has 1 N–H and O–H groups in total. The van der Waals surface area contributed by atoms with Gasteiger partial charge in [0, 0.05) is 12.8 Å². The molecule has 1 saturated heterocycles. The zero-order valence-electron chi connectivity index (χ0n) is 10.1. The molecule has 1 saturated carbocycles. The number of hydrogen-bond donors (Lipinski definition) is 1. The Morgan fingerprint density at radius 3 is 2.67 bits per heavy atom. The first-order chi connectivity index (χ1) is 8.59. The number of furan rings is 1. The van der Waals surface area contributed by atoms with Crippen molar-refractivity contribution in [3.8, 4) is 0 Å². The van der Waals surface area contributed by atoms with Crippen LogP contribution in [0.3, 0.4) is 0 Å². The van der Waals surface area contributed by atoms with Crippen LogP contribution in [0, 0.1) is 0 Å². The lowest BCUT2D eigenvalue weighted by Gasteiger charge is -2.45. The predicted octanol–water partition coefficient (Wildman–Crippen LogP) is 3.24. The van der Waals surface area contributed by atoms with Gasteiger partial charge in [-0.25, -0.2) is 8.78 Å². The quantitative estimate of drug-likeness (QED) is 0.838. The van der Waals surface area contributed by atoms with Crippen molar-refractivity contribution in [1.29, 1.82) is 0 Å². The largest absolute Gasteiger partial charge is 0.468 e. The highest BCUT2D eigenvalue weighted by Crippen LogP contribution is 2.42. The number of hydrogen-bond acceptors (Lipinski definition) is 3. The van der Waals surface area contributed by atoms with E-state index in [0.717, 1.165) is 12.2 Å². The monoisotopic (exact) mass is 257 g/mol. The van der Waals surface area contributed by atoms with Crippen LogP contribution in [0.2, 0.25) is 0 Å². The number of alkyl halides is 2. The molecule has 3 nitrogen and oxygen atoms in total. The molecule has 2 fully saturated rings. The Kier molecular flexibility index (Phi) is 2.90. The molecule has 1 unspecified atom stereocenters. The normalized spacial score (nSPS) is 30.4. The molecule has 1 aromatic rings. The Morgan fingerprint density at radius 1 is 1.22 bits per heavy atom. The van der Waals surface area contributed by atoms with Crippen molar-refractivity contribution in [1.82, 2.24) is 5.32 Å². The lowest BCUT2D eigenvalue weighted by atomic mass is 9.86. The van der Waals surface area contributed by atoms with Crippen LogP contribution in [-0.4, -0.2) is 18.3 Å². The highest BCUT2D eigenvalue weighted by Gasteiger charge is 2.46. The maximum atomic E-state index is 13.2. The van der Waals surface area contributed by atoms with Crippen molar-refractivity contribution in [3.63, 3.8) is 0 Å². The van der Waals surface area contributed by atoms with E-state index in [4.69, 9.17) is 9.15 Å². The summed E-state index contributed by atoms with van der Waals surface area (Å²) < 4.78 is 37.5. The van der Waals surface area contributed by atoms with E-state index >= 15 is 0 Å². The van der Waals surface area contributed by atoms with Gasteiger partial charge < -0.3 is 9.15 Å². The minimum absolute atomic E-state index is 0.0699. The van der Waals surface area contributed by atoms with E-state index in [-0.39, 0.29) is 18.9 Å². The third-order valence-corrected chi connectivity index (χ3v) is 3.90. The summed E-state index contributed by atoms with van der Waals surface area (Å²) in [6.45, 7) is 0.587. The number of ether oxygens (including phenoxy) is 1. The summed E-state index contributed by atoms with van der Waals surface area (Å²) in [5.74, 6) is -1.68. The molecule has 1 spiro atoms. The van der Waals surface area contributed by atoms with Gasteiger partial charge in [0.05, 0.1) is 18.9 Å². The molecular formula is C13H17F2NO2. The molecule has 2 aliphatic rings. The van der Waals surface area contributed by atoms with E-state index in [9.17, 15) is 8.78 Å². The highest BCUT2D eigenvalue weighted by atomic mass is 19.3. The van der Waals surface area contributed by atoms with Gasteiger partial charge in [-0.15, -0.1) is 0 Å². The fourth-order valence-electron chi connectivity index (χ4n) is 2.81. The fraction of sp³-hybridized carbons (Fsp3) is 0.692. The molecule has 18 heavy (non-hydrogen) atoms. The van der Waals surface area contributed by atoms with Crippen LogP contribution in [0.1, 0.15) is 43.9 Å². The Bertz CT molecular complexity index is 395. The molecule has 1 aromatic heterocycles. The van der Waals surface area contributed by atoms with E-state index in [2.05, 4.69) is 5.32 Å². The van der Waals surface area contributed by atoms with Gasteiger partial charge in [0.2, 0.25) is 5.92 Å². The van der Waals surface area contributed by atoms with Gasteiger partial charge in [0.1, 0.15) is 11.5 Å². The molecule has 1 atom stereocenters. The maximum Gasteiger partial charge on any atom is 0.248 e. The second-order valence-corrected chi connectivity index (χ2v) is 5.20. The molecule has 3 rings (SSSR count). The van der Waals surface area contributed by atoms with Crippen molar-refractivity contribution in [3.05, 3.63) is 24.2 Å². The number of rotatable bonds is 1. The summed E-state index contributed by atoms with van der Waals surface area (Å²) in [7, 11) is 0.